The van der Waals surface area contributed by atoms with Gasteiger partial charge in [-0.1, -0.05) is 0 Å². The minimum absolute atomic E-state index is 0.0850. The second kappa shape index (κ2) is 6.97. The summed E-state index contributed by atoms with van der Waals surface area (Å²) in [4.78, 5) is 24.7. The van der Waals surface area contributed by atoms with Crippen LogP contribution in [-0.2, 0) is 10.3 Å². The highest BCUT2D eigenvalue weighted by atomic mass is 19.4. The number of ether oxygens (including phenoxy) is 3. The molecule has 1 unspecified atom stereocenters. The molecule has 1 saturated carbocycles. The van der Waals surface area contributed by atoms with Crippen LogP contribution in [-0.4, -0.2) is 47.9 Å². The van der Waals surface area contributed by atoms with E-state index >= 15 is 0 Å². The van der Waals surface area contributed by atoms with Crippen molar-refractivity contribution in [2.24, 2.45) is 16.1 Å². The predicted molar refractivity (Wildman–Crippen MR) is 104 cm³/mol. The van der Waals surface area contributed by atoms with Crippen molar-refractivity contribution in [2.75, 3.05) is 25.1 Å². The monoisotopic (exact) mass is 449 g/mol. The molecule has 1 aliphatic carbocycles. The third-order valence-electron chi connectivity index (χ3n) is 5.89. The Morgan fingerprint density at radius 3 is 2.62 bits per heavy atom. The first-order valence-electron chi connectivity index (χ1n) is 9.78. The molecule has 3 heterocycles. The van der Waals surface area contributed by atoms with Crippen LogP contribution in [0.3, 0.4) is 0 Å². The number of amides is 1. The van der Waals surface area contributed by atoms with E-state index in [0.29, 0.717) is 24.7 Å². The molecule has 3 aliphatic rings. The molecule has 32 heavy (non-hydrogen) atoms. The fraction of sp³-hybridized carbons (Fsp3) is 0.400. The third kappa shape index (κ3) is 3.45. The zero-order chi connectivity index (χ0) is 22.6. The van der Waals surface area contributed by atoms with Crippen LogP contribution in [0.2, 0.25) is 0 Å². The van der Waals surface area contributed by atoms with Gasteiger partial charge in [0.25, 0.3) is 11.9 Å². The average Bonchev–Trinajstić information content (AvgIpc) is 3.44. The third-order valence-corrected chi connectivity index (χ3v) is 5.89. The first kappa shape index (κ1) is 20.3. The van der Waals surface area contributed by atoms with E-state index in [9.17, 15) is 18.0 Å². The summed E-state index contributed by atoms with van der Waals surface area (Å²) in [6.45, 7) is -0.675. The van der Waals surface area contributed by atoms with Gasteiger partial charge in [0.15, 0.2) is 6.61 Å². The van der Waals surface area contributed by atoms with Gasteiger partial charge in [-0.3, -0.25) is 4.79 Å². The second-order valence-electron chi connectivity index (χ2n) is 7.98. The highest BCUT2D eigenvalue weighted by Gasteiger charge is 2.66. The number of carbonyl (C=O) groups excluding carboxylic acids is 1. The summed E-state index contributed by atoms with van der Waals surface area (Å²) < 4.78 is 52.6. The summed E-state index contributed by atoms with van der Waals surface area (Å²) in [5.74, 6) is -0.274. The Bertz CT molecular complexity index is 1100. The summed E-state index contributed by atoms with van der Waals surface area (Å²) >= 11 is 0. The molecule has 1 aromatic carbocycles. The molecular weight excluding hydrogens is 431 g/mol. The highest BCUT2D eigenvalue weighted by molar-refractivity contribution is 6.02. The van der Waals surface area contributed by atoms with Crippen molar-refractivity contribution >= 4 is 17.6 Å². The Morgan fingerprint density at radius 2 is 2.00 bits per heavy atom. The number of aliphatic imine (C=N–C) groups is 1. The number of hydrogen-bond donors (Lipinski definition) is 2. The van der Waals surface area contributed by atoms with Gasteiger partial charge in [0, 0.05) is 16.7 Å². The zero-order valence-electron chi connectivity index (χ0n) is 16.6. The average molecular weight is 449 g/mol. The number of aromatic nitrogens is 2. The van der Waals surface area contributed by atoms with Crippen LogP contribution >= 0.6 is 0 Å². The number of hydrogen-bond acceptors (Lipinski definition) is 8. The lowest BCUT2D eigenvalue weighted by Gasteiger charge is -2.39. The van der Waals surface area contributed by atoms with Crippen LogP contribution in [0.25, 0.3) is 0 Å². The van der Waals surface area contributed by atoms with Crippen molar-refractivity contribution in [2.45, 2.75) is 24.6 Å². The molecule has 2 spiro atoms. The molecular formula is C20H18F3N5O4. The molecule has 2 aromatic rings. The maximum absolute atomic E-state index is 12.6. The van der Waals surface area contributed by atoms with E-state index in [0.717, 1.165) is 30.8 Å². The first-order valence-corrected chi connectivity index (χ1v) is 9.78. The number of halogens is 3. The molecule has 0 saturated heterocycles. The lowest BCUT2D eigenvalue weighted by molar-refractivity contribution is -0.154. The van der Waals surface area contributed by atoms with Gasteiger partial charge in [-0.25, -0.2) is 15.0 Å². The van der Waals surface area contributed by atoms with Crippen molar-refractivity contribution in [1.82, 2.24) is 9.97 Å². The van der Waals surface area contributed by atoms with Gasteiger partial charge in [-0.15, -0.1) is 0 Å². The summed E-state index contributed by atoms with van der Waals surface area (Å²) in [5.41, 5.74) is 6.15. The molecule has 2 aliphatic heterocycles. The Labute approximate surface area is 179 Å². The van der Waals surface area contributed by atoms with Crippen molar-refractivity contribution in [3.63, 3.8) is 0 Å². The van der Waals surface area contributed by atoms with Crippen LogP contribution < -0.4 is 20.5 Å². The van der Waals surface area contributed by atoms with Gasteiger partial charge in [-0.2, -0.15) is 13.2 Å². The van der Waals surface area contributed by atoms with Crippen molar-refractivity contribution < 1.29 is 32.2 Å². The Balaban J connectivity index is 1.35. The van der Waals surface area contributed by atoms with E-state index in [-0.39, 0.29) is 23.0 Å². The lowest BCUT2D eigenvalue weighted by Crippen LogP contribution is -2.44. The molecule has 1 fully saturated rings. The molecule has 0 bridgehead atoms. The van der Waals surface area contributed by atoms with Crippen LogP contribution in [0, 0.1) is 5.41 Å². The van der Waals surface area contributed by atoms with E-state index in [1.54, 1.807) is 18.2 Å². The number of nitrogens with zero attached hydrogens (tertiary/aromatic N) is 3. The van der Waals surface area contributed by atoms with Gasteiger partial charge >= 0.3 is 6.18 Å². The Hall–Kier alpha value is -3.57. The molecule has 1 atom stereocenters. The van der Waals surface area contributed by atoms with Crippen LogP contribution in [0.15, 0.2) is 35.6 Å². The number of anilines is 1. The minimum Gasteiger partial charge on any atom is -0.493 e. The minimum atomic E-state index is -4.50. The topological polar surface area (TPSA) is 121 Å². The summed E-state index contributed by atoms with van der Waals surface area (Å²) in [6, 6.07) is 5.31. The number of rotatable bonds is 4. The van der Waals surface area contributed by atoms with Crippen LogP contribution in [0.5, 0.6) is 11.6 Å². The molecule has 168 valence electrons. The van der Waals surface area contributed by atoms with Gasteiger partial charge in [0.05, 0.1) is 19.0 Å². The number of fused-ring (bicyclic) bond motifs is 3. The van der Waals surface area contributed by atoms with Gasteiger partial charge in [0.2, 0.25) is 5.88 Å². The van der Waals surface area contributed by atoms with Crippen molar-refractivity contribution in [1.29, 1.82) is 0 Å². The standard InChI is InChI=1S/C20H18F3N5O4/c21-20(22,23)10-31-15-7-25-13(6-26-15)16(29)27-11-1-2-14-12(5-11)19(9-32-17(24)28-19)18(3-4-18)8-30-14/h1-2,5-7H,3-4,8-10H2,(H2,24,28)(H,27,29). The number of benzene rings is 1. The van der Waals surface area contributed by atoms with Gasteiger partial charge in [-0.05, 0) is 31.0 Å². The summed E-state index contributed by atoms with van der Waals surface area (Å²) in [7, 11) is 0. The molecule has 3 N–H and O–H groups in total. The maximum Gasteiger partial charge on any atom is 0.422 e. The highest BCUT2D eigenvalue weighted by Crippen LogP contribution is 2.65. The Morgan fingerprint density at radius 1 is 1.19 bits per heavy atom. The SMILES string of the molecule is NC1=NC2(CO1)c1cc(NC(=O)c3cnc(OCC(F)(F)F)cn3)ccc1OCC21CC1. The normalized spacial score (nSPS) is 22.5. The fourth-order valence-corrected chi connectivity index (χ4v) is 4.09. The number of nitrogens with one attached hydrogen (secondary N) is 1. The maximum atomic E-state index is 12.6. The van der Waals surface area contributed by atoms with E-state index < -0.39 is 24.2 Å². The van der Waals surface area contributed by atoms with Crippen LogP contribution in [0.1, 0.15) is 28.9 Å². The predicted octanol–water partition coefficient (Wildman–Crippen LogP) is 2.38. The summed E-state index contributed by atoms with van der Waals surface area (Å²) in [6.07, 6.45) is -0.633. The molecule has 12 heteroatoms. The number of alkyl halides is 3. The van der Waals surface area contributed by atoms with Crippen molar-refractivity contribution in [3.05, 3.63) is 41.9 Å². The van der Waals surface area contributed by atoms with Crippen LogP contribution in [0.4, 0.5) is 18.9 Å². The van der Waals surface area contributed by atoms with Gasteiger partial charge in [0.1, 0.15) is 23.6 Å². The van der Waals surface area contributed by atoms with E-state index in [4.69, 9.17) is 15.2 Å². The van der Waals surface area contributed by atoms with E-state index in [1.165, 1.54) is 0 Å². The molecule has 1 amide bonds. The molecule has 0 radical (unpaired) electrons. The Kier molecular flexibility index (Phi) is 4.43. The number of carbonyl (C=O) groups is 1. The molecule has 5 rings (SSSR count). The van der Waals surface area contributed by atoms with Crippen molar-refractivity contribution in [3.8, 4) is 11.6 Å². The lowest BCUT2D eigenvalue weighted by atomic mass is 9.74. The second-order valence-corrected chi connectivity index (χ2v) is 7.98. The molecule has 1 aromatic heterocycles. The van der Waals surface area contributed by atoms with E-state index in [1.807, 2.05) is 0 Å². The first-order chi connectivity index (χ1) is 15.2. The largest absolute Gasteiger partial charge is 0.493 e. The van der Waals surface area contributed by atoms with Gasteiger partial charge < -0.3 is 25.3 Å². The summed E-state index contributed by atoms with van der Waals surface area (Å²) in [5, 5.41) is 2.71. The van der Waals surface area contributed by atoms with E-state index in [2.05, 4.69) is 25.0 Å². The fourth-order valence-electron chi connectivity index (χ4n) is 4.09. The smallest absolute Gasteiger partial charge is 0.422 e. The number of nitrogens with two attached hydrogens (primary N) is 1. The quantitative estimate of drug-likeness (QED) is 0.735. The number of amidine groups is 1. The molecule has 9 nitrogen and oxygen atoms in total. The zero-order valence-corrected chi connectivity index (χ0v) is 16.6.